The Kier molecular flexibility index (Phi) is 5.66. The molecular weight excluding hydrogens is 380 g/mol. The number of methoxy groups -OCH3 is 1. The molecule has 0 saturated heterocycles. The Morgan fingerprint density at radius 3 is 2.63 bits per heavy atom. The predicted molar refractivity (Wildman–Crippen MR) is 116 cm³/mol. The second kappa shape index (κ2) is 8.69. The smallest absolute Gasteiger partial charge is 0.255 e. The molecule has 4 rings (SSSR count). The molecular formula is C24H22N2O4. The SMILES string of the molecule is CCCOc1ccc(C(=O)Nc2ccc3oc(-c4cccc(OC)c4)nc3c2)cc1. The van der Waals surface area contributed by atoms with Crippen LogP contribution >= 0.6 is 0 Å². The Balaban J connectivity index is 1.51. The molecule has 0 fully saturated rings. The minimum absolute atomic E-state index is 0.201. The van der Waals surface area contributed by atoms with Crippen LogP contribution in [0.3, 0.4) is 0 Å². The van der Waals surface area contributed by atoms with Crippen molar-refractivity contribution in [1.29, 1.82) is 0 Å². The van der Waals surface area contributed by atoms with Gasteiger partial charge in [0.05, 0.1) is 13.7 Å². The minimum atomic E-state index is -0.201. The van der Waals surface area contributed by atoms with Crippen LogP contribution < -0.4 is 14.8 Å². The zero-order chi connectivity index (χ0) is 20.9. The van der Waals surface area contributed by atoms with Gasteiger partial charge < -0.3 is 19.2 Å². The second-order valence-corrected chi connectivity index (χ2v) is 6.76. The van der Waals surface area contributed by atoms with Crippen LogP contribution in [0.2, 0.25) is 0 Å². The lowest BCUT2D eigenvalue weighted by molar-refractivity contribution is 0.102. The number of anilines is 1. The van der Waals surface area contributed by atoms with Gasteiger partial charge in [0.25, 0.3) is 5.91 Å². The van der Waals surface area contributed by atoms with Crippen molar-refractivity contribution in [1.82, 2.24) is 4.98 Å². The summed E-state index contributed by atoms with van der Waals surface area (Å²) >= 11 is 0. The molecule has 0 atom stereocenters. The number of benzene rings is 3. The summed E-state index contributed by atoms with van der Waals surface area (Å²) in [6, 6.07) is 20.0. The van der Waals surface area contributed by atoms with Crippen molar-refractivity contribution in [2.45, 2.75) is 13.3 Å². The van der Waals surface area contributed by atoms with Crippen LogP contribution in [0.1, 0.15) is 23.7 Å². The summed E-state index contributed by atoms with van der Waals surface area (Å²) in [6.07, 6.45) is 0.937. The molecule has 3 aromatic carbocycles. The largest absolute Gasteiger partial charge is 0.497 e. The van der Waals surface area contributed by atoms with Gasteiger partial charge in [-0.2, -0.15) is 0 Å². The molecule has 0 unspecified atom stereocenters. The number of carbonyl (C=O) groups excluding carboxylic acids is 1. The van der Waals surface area contributed by atoms with E-state index in [1.165, 1.54) is 0 Å². The lowest BCUT2D eigenvalue weighted by Gasteiger charge is -2.07. The van der Waals surface area contributed by atoms with Crippen molar-refractivity contribution in [2.24, 2.45) is 0 Å². The fourth-order valence-electron chi connectivity index (χ4n) is 3.01. The van der Waals surface area contributed by atoms with E-state index in [-0.39, 0.29) is 5.91 Å². The van der Waals surface area contributed by atoms with Crippen LogP contribution in [-0.4, -0.2) is 24.6 Å². The topological polar surface area (TPSA) is 73.6 Å². The van der Waals surface area contributed by atoms with Crippen molar-refractivity contribution in [3.63, 3.8) is 0 Å². The van der Waals surface area contributed by atoms with Gasteiger partial charge in [0, 0.05) is 16.8 Å². The van der Waals surface area contributed by atoms with Crippen molar-refractivity contribution < 1.29 is 18.7 Å². The molecule has 6 heteroatoms. The normalized spacial score (nSPS) is 10.7. The zero-order valence-corrected chi connectivity index (χ0v) is 16.8. The van der Waals surface area contributed by atoms with Gasteiger partial charge in [-0.15, -0.1) is 0 Å². The van der Waals surface area contributed by atoms with E-state index in [2.05, 4.69) is 10.3 Å². The van der Waals surface area contributed by atoms with E-state index in [0.717, 1.165) is 23.5 Å². The first-order chi connectivity index (χ1) is 14.7. The maximum Gasteiger partial charge on any atom is 0.255 e. The number of rotatable bonds is 7. The summed E-state index contributed by atoms with van der Waals surface area (Å²) in [7, 11) is 1.62. The molecule has 0 aliphatic heterocycles. The van der Waals surface area contributed by atoms with Gasteiger partial charge in [0.1, 0.15) is 17.0 Å². The van der Waals surface area contributed by atoms with Gasteiger partial charge in [-0.1, -0.05) is 13.0 Å². The summed E-state index contributed by atoms with van der Waals surface area (Å²) in [5.41, 5.74) is 3.32. The molecule has 1 amide bonds. The van der Waals surface area contributed by atoms with Crippen LogP contribution in [0.25, 0.3) is 22.6 Å². The molecule has 0 radical (unpaired) electrons. The molecule has 0 bridgehead atoms. The number of oxazole rings is 1. The van der Waals surface area contributed by atoms with E-state index >= 15 is 0 Å². The number of amides is 1. The number of carbonyl (C=O) groups is 1. The first kappa shape index (κ1) is 19.5. The molecule has 1 aromatic heterocycles. The summed E-state index contributed by atoms with van der Waals surface area (Å²) in [4.78, 5) is 17.1. The van der Waals surface area contributed by atoms with E-state index in [1.54, 1.807) is 49.6 Å². The number of nitrogens with zero attached hydrogens (tertiary/aromatic N) is 1. The molecule has 30 heavy (non-hydrogen) atoms. The Morgan fingerprint density at radius 1 is 1.03 bits per heavy atom. The van der Waals surface area contributed by atoms with Crippen molar-refractivity contribution in [3.8, 4) is 23.0 Å². The van der Waals surface area contributed by atoms with Crippen LogP contribution in [0.5, 0.6) is 11.5 Å². The van der Waals surface area contributed by atoms with Crippen LogP contribution in [0.15, 0.2) is 71.1 Å². The molecule has 1 heterocycles. The number of ether oxygens (including phenoxy) is 2. The second-order valence-electron chi connectivity index (χ2n) is 6.76. The van der Waals surface area contributed by atoms with Crippen LogP contribution in [-0.2, 0) is 0 Å². The zero-order valence-electron chi connectivity index (χ0n) is 16.8. The van der Waals surface area contributed by atoms with E-state index in [9.17, 15) is 4.79 Å². The van der Waals surface area contributed by atoms with Crippen molar-refractivity contribution in [3.05, 3.63) is 72.3 Å². The number of aromatic nitrogens is 1. The van der Waals surface area contributed by atoms with Gasteiger partial charge >= 0.3 is 0 Å². The van der Waals surface area contributed by atoms with Gasteiger partial charge in [0.15, 0.2) is 5.58 Å². The standard InChI is InChI=1S/C24H22N2O4/c1-3-13-29-19-10-7-16(8-11-19)23(27)25-18-9-12-22-21(15-18)26-24(30-22)17-5-4-6-20(14-17)28-2/h4-12,14-15H,3,13H2,1-2H3,(H,25,27). The number of hydrogen-bond acceptors (Lipinski definition) is 5. The fourth-order valence-corrected chi connectivity index (χ4v) is 3.01. The lowest BCUT2D eigenvalue weighted by atomic mass is 10.2. The number of nitrogens with one attached hydrogen (secondary N) is 1. The maximum atomic E-state index is 12.6. The highest BCUT2D eigenvalue weighted by Gasteiger charge is 2.12. The predicted octanol–water partition coefficient (Wildman–Crippen LogP) is 5.54. The van der Waals surface area contributed by atoms with E-state index < -0.39 is 0 Å². The summed E-state index contributed by atoms with van der Waals surface area (Å²) in [6.45, 7) is 2.70. The first-order valence-electron chi connectivity index (χ1n) is 9.75. The molecule has 152 valence electrons. The van der Waals surface area contributed by atoms with Crippen molar-refractivity contribution >= 4 is 22.7 Å². The van der Waals surface area contributed by atoms with E-state index in [1.807, 2.05) is 31.2 Å². The molecule has 1 N–H and O–H groups in total. The average molecular weight is 402 g/mol. The highest BCUT2D eigenvalue weighted by molar-refractivity contribution is 6.05. The fraction of sp³-hybridized carbons (Fsp3) is 0.167. The van der Waals surface area contributed by atoms with E-state index in [0.29, 0.717) is 34.8 Å². The Labute approximate surface area is 174 Å². The summed E-state index contributed by atoms with van der Waals surface area (Å²) in [5.74, 6) is 1.78. The number of hydrogen-bond donors (Lipinski definition) is 1. The Bertz CT molecular complexity index is 1170. The van der Waals surface area contributed by atoms with Crippen LogP contribution in [0, 0.1) is 0 Å². The molecule has 0 saturated carbocycles. The first-order valence-corrected chi connectivity index (χ1v) is 9.75. The van der Waals surface area contributed by atoms with E-state index in [4.69, 9.17) is 13.9 Å². The molecule has 4 aromatic rings. The summed E-state index contributed by atoms with van der Waals surface area (Å²) in [5, 5.41) is 2.90. The highest BCUT2D eigenvalue weighted by Crippen LogP contribution is 2.28. The van der Waals surface area contributed by atoms with Gasteiger partial charge in [-0.05, 0) is 67.1 Å². The van der Waals surface area contributed by atoms with Gasteiger partial charge in [-0.25, -0.2) is 4.98 Å². The molecule has 6 nitrogen and oxygen atoms in total. The number of fused-ring (bicyclic) bond motifs is 1. The average Bonchev–Trinajstić information content (AvgIpc) is 3.21. The monoisotopic (exact) mass is 402 g/mol. The third kappa shape index (κ3) is 4.27. The van der Waals surface area contributed by atoms with Gasteiger partial charge in [0.2, 0.25) is 5.89 Å². The lowest BCUT2D eigenvalue weighted by Crippen LogP contribution is -2.11. The summed E-state index contributed by atoms with van der Waals surface area (Å²) < 4.78 is 16.7. The molecule has 0 aliphatic carbocycles. The van der Waals surface area contributed by atoms with Crippen molar-refractivity contribution in [2.75, 3.05) is 19.0 Å². The molecule has 0 spiro atoms. The third-order valence-corrected chi connectivity index (χ3v) is 4.55. The molecule has 0 aliphatic rings. The maximum absolute atomic E-state index is 12.6. The quantitative estimate of drug-likeness (QED) is 0.439. The Hall–Kier alpha value is -3.80. The highest BCUT2D eigenvalue weighted by atomic mass is 16.5. The van der Waals surface area contributed by atoms with Crippen LogP contribution in [0.4, 0.5) is 5.69 Å². The van der Waals surface area contributed by atoms with Gasteiger partial charge in [-0.3, -0.25) is 4.79 Å². The third-order valence-electron chi connectivity index (χ3n) is 4.55. The Morgan fingerprint density at radius 2 is 1.87 bits per heavy atom. The minimum Gasteiger partial charge on any atom is -0.497 e.